The fourth-order valence-corrected chi connectivity index (χ4v) is 2.73. The van der Waals surface area contributed by atoms with Gasteiger partial charge >= 0.3 is 0 Å². The Labute approximate surface area is 74.3 Å². The standard InChI is InChI=1S/C7H16Cl2Si/c1-3-5-6-7-10(8,9)4-2/h3-7H2,1-2H3. The number of halogens is 2. The molecular weight excluding hydrogens is 183 g/mol. The fourth-order valence-electron chi connectivity index (χ4n) is 0.810. The molecule has 0 amide bonds. The lowest BCUT2D eigenvalue weighted by atomic mass is 10.3. The molecule has 0 spiro atoms. The minimum atomic E-state index is -1.77. The molecular formula is C7H16Cl2Si. The maximum absolute atomic E-state index is 6.06. The van der Waals surface area contributed by atoms with E-state index in [9.17, 15) is 0 Å². The first kappa shape index (κ1) is 10.8. The second kappa shape index (κ2) is 5.45. The summed E-state index contributed by atoms with van der Waals surface area (Å²) in [6.45, 7) is 2.50. The van der Waals surface area contributed by atoms with E-state index in [1.807, 2.05) is 0 Å². The van der Waals surface area contributed by atoms with E-state index < -0.39 is 6.69 Å². The Morgan fingerprint density at radius 3 is 2.10 bits per heavy atom. The van der Waals surface area contributed by atoms with Crippen LogP contribution in [0.25, 0.3) is 0 Å². The van der Waals surface area contributed by atoms with Gasteiger partial charge in [-0.25, -0.2) is 0 Å². The van der Waals surface area contributed by atoms with Crippen LogP contribution in [0.1, 0.15) is 33.1 Å². The molecule has 3 heteroatoms. The monoisotopic (exact) mass is 198 g/mol. The highest BCUT2D eigenvalue weighted by atomic mass is 35.7. The molecule has 62 valence electrons. The molecule has 0 aromatic rings. The Hall–Kier alpha value is 0.797. The molecule has 0 saturated carbocycles. The van der Waals surface area contributed by atoms with Gasteiger partial charge in [-0.3, -0.25) is 0 Å². The van der Waals surface area contributed by atoms with Crippen molar-refractivity contribution < 1.29 is 0 Å². The Kier molecular flexibility index (Phi) is 5.88. The van der Waals surface area contributed by atoms with Crippen LogP contribution in [0.3, 0.4) is 0 Å². The second-order valence-corrected chi connectivity index (χ2v) is 10.5. The molecule has 0 rings (SSSR count). The third kappa shape index (κ3) is 5.57. The summed E-state index contributed by atoms with van der Waals surface area (Å²) in [6, 6.07) is 2.06. The van der Waals surface area contributed by atoms with Crippen molar-refractivity contribution >= 4 is 28.9 Å². The first-order chi connectivity index (χ1) is 4.62. The Morgan fingerprint density at radius 1 is 1.10 bits per heavy atom. The number of rotatable bonds is 5. The van der Waals surface area contributed by atoms with Crippen molar-refractivity contribution in [3.8, 4) is 0 Å². The minimum Gasteiger partial charge on any atom is -0.146 e. The Balaban J connectivity index is 3.28. The van der Waals surface area contributed by atoms with Gasteiger partial charge in [0.25, 0.3) is 6.69 Å². The summed E-state index contributed by atoms with van der Waals surface area (Å²) in [7, 11) is 0. The zero-order chi connectivity index (χ0) is 8.04. The molecule has 0 heterocycles. The topological polar surface area (TPSA) is 0 Å². The van der Waals surface area contributed by atoms with Crippen LogP contribution in [0.5, 0.6) is 0 Å². The van der Waals surface area contributed by atoms with Gasteiger partial charge in [-0.2, -0.15) is 0 Å². The van der Waals surface area contributed by atoms with Crippen LogP contribution in [0, 0.1) is 0 Å². The van der Waals surface area contributed by atoms with E-state index in [-0.39, 0.29) is 0 Å². The molecule has 0 nitrogen and oxygen atoms in total. The van der Waals surface area contributed by atoms with Crippen molar-refractivity contribution in [3.05, 3.63) is 0 Å². The van der Waals surface area contributed by atoms with Crippen LogP contribution in [-0.4, -0.2) is 6.69 Å². The first-order valence-electron chi connectivity index (χ1n) is 4.00. The van der Waals surface area contributed by atoms with Crippen molar-refractivity contribution in [2.24, 2.45) is 0 Å². The van der Waals surface area contributed by atoms with Gasteiger partial charge in [0.15, 0.2) is 0 Å². The van der Waals surface area contributed by atoms with Gasteiger partial charge in [0.05, 0.1) is 0 Å². The summed E-state index contributed by atoms with van der Waals surface area (Å²) in [5.74, 6) is 0. The van der Waals surface area contributed by atoms with E-state index in [0.29, 0.717) is 0 Å². The van der Waals surface area contributed by atoms with Gasteiger partial charge in [-0.1, -0.05) is 33.1 Å². The summed E-state index contributed by atoms with van der Waals surface area (Å²) in [5, 5.41) is 0. The van der Waals surface area contributed by atoms with E-state index in [0.717, 1.165) is 12.1 Å². The van der Waals surface area contributed by atoms with Gasteiger partial charge < -0.3 is 0 Å². The Bertz CT molecular complexity index is 83.7. The zero-order valence-corrected chi connectivity index (χ0v) is 9.30. The van der Waals surface area contributed by atoms with Gasteiger partial charge in [-0.15, -0.1) is 22.2 Å². The van der Waals surface area contributed by atoms with Crippen LogP contribution in [0.15, 0.2) is 0 Å². The van der Waals surface area contributed by atoms with Crippen molar-refractivity contribution in [2.75, 3.05) is 0 Å². The lowest BCUT2D eigenvalue weighted by Gasteiger charge is -2.12. The molecule has 0 saturated heterocycles. The summed E-state index contributed by atoms with van der Waals surface area (Å²) < 4.78 is 0. The van der Waals surface area contributed by atoms with Crippen LogP contribution >= 0.6 is 22.2 Å². The van der Waals surface area contributed by atoms with Gasteiger partial charge in [0.1, 0.15) is 0 Å². The van der Waals surface area contributed by atoms with E-state index in [4.69, 9.17) is 22.2 Å². The summed E-state index contributed by atoms with van der Waals surface area (Å²) >= 11 is 12.1. The predicted molar refractivity (Wildman–Crippen MR) is 52.3 cm³/mol. The van der Waals surface area contributed by atoms with E-state index in [2.05, 4.69) is 13.8 Å². The maximum atomic E-state index is 6.06. The number of hydrogen-bond acceptors (Lipinski definition) is 0. The molecule has 0 aliphatic heterocycles. The quantitative estimate of drug-likeness (QED) is 0.355. The smallest absolute Gasteiger partial charge is 0.146 e. The molecule has 0 aliphatic carbocycles. The van der Waals surface area contributed by atoms with Gasteiger partial charge in [0.2, 0.25) is 0 Å². The molecule has 0 aliphatic rings. The SMILES string of the molecule is CCCCC[Si](Cl)(Cl)CC. The van der Waals surface area contributed by atoms with Crippen molar-refractivity contribution in [3.63, 3.8) is 0 Å². The molecule has 10 heavy (non-hydrogen) atoms. The average molecular weight is 199 g/mol. The number of unbranched alkanes of at least 4 members (excludes halogenated alkanes) is 2. The van der Waals surface area contributed by atoms with Gasteiger partial charge in [0, 0.05) is 0 Å². The van der Waals surface area contributed by atoms with Gasteiger partial charge in [-0.05, 0) is 12.1 Å². The molecule has 0 atom stereocenters. The normalized spacial score (nSPS) is 12.0. The summed E-state index contributed by atoms with van der Waals surface area (Å²) in [5.41, 5.74) is 0. The lowest BCUT2D eigenvalue weighted by molar-refractivity contribution is 0.766. The highest BCUT2D eigenvalue weighted by Gasteiger charge is 2.24. The van der Waals surface area contributed by atoms with Crippen LogP contribution in [-0.2, 0) is 0 Å². The zero-order valence-electron chi connectivity index (χ0n) is 6.79. The molecule has 0 unspecified atom stereocenters. The molecule has 0 N–H and O–H groups in total. The summed E-state index contributed by atoms with van der Waals surface area (Å²) in [4.78, 5) is 0. The van der Waals surface area contributed by atoms with E-state index >= 15 is 0 Å². The van der Waals surface area contributed by atoms with E-state index in [1.54, 1.807) is 0 Å². The Morgan fingerprint density at radius 2 is 1.70 bits per heavy atom. The first-order valence-corrected chi connectivity index (χ1v) is 8.44. The predicted octanol–water partition coefficient (Wildman–Crippen LogP) is 4.12. The van der Waals surface area contributed by atoms with E-state index in [1.165, 1.54) is 19.3 Å². The summed E-state index contributed by atoms with van der Waals surface area (Å²) in [6.07, 6.45) is 3.74. The molecule has 0 radical (unpaired) electrons. The van der Waals surface area contributed by atoms with Crippen molar-refractivity contribution in [1.82, 2.24) is 0 Å². The average Bonchev–Trinajstić information content (AvgIpc) is 1.89. The maximum Gasteiger partial charge on any atom is 0.251 e. The van der Waals surface area contributed by atoms with Crippen LogP contribution < -0.4 is 0 Å². The molecule has 0 aromatic carbocycles. The fraction of sp³-hybridized carbons (Fsp3) is 1.00. The number of hydrogen-bond donors (Lipinski definition) is 0. The molecule has 0 aromatic heterocycles. The van der Waals surface area contributed by atoms with Crippen molar-refractivity contribution in [2.45, 2.75) is 45.2 Å². The third-order valence-corrected chi connectivity index (χ3v) is 6.52. The van der Waals surface area contributed by atoms with Crippen molar-refractivity contribution in [1.29, 1.82) is 0 Å². The van der Waals surface area contributed by atoms with Crippen LogP contribution in [0.4, 0.5) is 0 Å². The minimum absolute atomic E-state index is 0.986. The largest absolute Gasteiger partial charge is 0.251 e. The second-order valence-electron chi connectivity index (χ2n) is 2.67. The lowest BCUT2D eigenvalue weighted by Crippen LogP contribution is -2.16. The highest BCUT2D eigenvalue weighted by molar-refractivity contribution is 7.45. The third-order valence-electron chi connectivity index (χ3n) is 1.66. The highest BCUT2D eigenvalue weighted by Crippen LogP contribution is 2.27. The molecule has 0 fully saturated rings. The molecule has 0 bridgehead atoms. The van der Waals surface area contributed by atoms with Crippen LogP contribution in [0.2, 0.25) is 12.1 Å².